The van der Waals surface area contributed by atoms with Crippen molar-refractivity contribution >= 4 is 27.5 Å². The molecular formula is C9H5BrClNO. The first-order valence-corrected chi connectivity index (χ1v) is 4.78. The lowest BCUT2D eigenvalue weighted by Gasteiger charge is -1.98. The lowest BCUT2D eigenvalue weighted by atomic mass is 10.2. The first-order chi connectivity index (χ1) is 6.27. The second kappa shape index (κ2) is 3.52. The molecule has 0 bridgehead atoms. The Morgan fingerprint density at radius 3 is 2.85 bits per heavy atom. The number of hydrogen-bond donors (Lipinski definition) is 0. The van der Waals surface area contributed by atoms with E-state index in [-0.39, 0.29) is 0 Å². The summed E-state index contributed by atoms with van der Waals surface area (Å²) in [5.74, 6) is 0.717. The molecule has 0 saturated heterocycles. The van der Waals surface area contributed by atoms with Gasteiger partial charge in [-0.05, 0) is 34.1 Å². The fourth-order valence-corrected chi connectivity index (χ4v) is 1.43. The molecule has 1 aromatic heterocycles. The molecule has 2 aromatic rings. The highest BCUT2D eigenvalue weighted by atomic mass is 79.9. The smallest absolute Gasteiger partial charge is 0.181 e. The summed E-state index contributed by atoms with van der Waals surface area (Å²) in [6, 6.07) is 5.61. The Balaban J connectivity index is 2.49. The molecule has 0 spiro atoms. The summed E-state index contributed by atoms with van der Waals surface area (Å²) in [7, 11) is 0. The summed E-state index contributed by atoms with van der Waals surface area (Å²) in [6.07, 6.45) is 3.05. The van der Waals surface area contributed by atoms with Crippen LogP contribution in [0.25, 0.3) is 11.3 Å². The zero-order valence-corrected chi connectivity index (χ0v) is 8.84. The molecule has 2 rings (SSSR count). The molecule has 0 atom stereocenters. The maximum Gasteiger partial charge on any atom is 0.181 e. The zero-order chi connectivity index (χ0) is 9.26. The first-order valence-electron chi connectivity index (χ1n) is 3.61. The Morgan fingerprint density at radius 2 is 2.23 bits per heavy atom. The van der Waals surface area contributed by atoms with Crippen LogP contribution in [0.3, 0.4) is 0 Å². The van der Waals surface area contributed by atoms with Crippen molar-refractivity contribution in [3.8, 4) is 11.3 Å². The third kappa shape index (κ3) is 1.76. The molecule has 0 aliphatic heterocycles. The van der Waals surface area contributed by atoms with Crippen molar-refractivity contribution in [2.45, 2.75) is 0 Å². The Morgan fingerprint density at radius 1 is 1.38 bits per heavy atom. The number of oxazole rings is 1. The van der Waals surface area contributed by atoms with Crippen LogP contribution < -0.4 is 0 Å². The SMILES string of the molecule is Clc1cc(-c2cnco2)ccc1Br. The minimum absolute atomic E-state index is 0.661. The standard InChI is InChI=1S/C9H5BrClNO/c10-7-2-1-6(3-8(7)11)9-4-12-5-13-9/h1-5H. The molecule has 0 saturated carbocycles. The molecule has 0 aliphatic carbocycles. The van der Waals surface area contributed by atoms with Gasteiger partial charge >= 0.3 is 0 Å². The molecule has 1 heterocycles. The van der Waals surface area contributed by atoms with Crippen molar-refractivity contribution in [2.24, 2.45) is 0 Å². The Labute approximate surface area is 88.7 Å². The van der Waals surface area contributed by atoms with Crippen LogP contribution in [-0.4, -0.2) is 4.98 Å². The van der Waals surface area contributed by atoms with Crippen LogP contribution in [0.2, 0.25) is 5.02 Å². The second-order valence-corrected chi connectivity index (χ2v) is 3.76. The quantitative estimate of drug-likeness (QED) is 0.778. The Kier molecular flexibility index (Phi) is 2.38. The van der Waals surface area contributed by atoms with Gasteiger partial charge in [0.25, 0.3) is 0 Å². The summed E-state index contributed by atoms with van der Waals surface area (Å²) in [5, 5.41) is 0.661. The van der Waals surface area contributed by atoms with Crippen LogP contribution in [0, 0.1) is 0 Å². The molecule has 0 radical (unpaired) electrons. The number of halogens is 2. The molecule has 0 fully saturated rings. The number of benzene rings is 1. The van der Waals surface area contributed by atoms with E-state index in [9.17, 15) is 0 Å². The Hall–Kier alpha value is -0.800. The summed E-state index contributed by atoms with van der Waals surface area (Å²) in [4.78, 5) is 3.83. The van der Waals surface area contributed by atoms with Crippen molar-refractivity contribution in [1.82, 2.24) is 4.98 Å². The third-order valence-corrected chi connectivity index (χ3v) is 2.87. The van der Waals surface area contributed by atoms with E-state index in [4.69, 9.17) is 16.0 Å². The predicted molar refractivity (Wildman–Crippen MR) is 54.6 cm³/mol. The largest absolute Gasteiger partial charge is 0.444 e. The van der Waals surface area contributed by atoms with Gasteiger partial charge in [0.2, 0.25) is 0 Å². The van der Waals surface area contributed by atoms with E-state index in [1.807, 2.05) is 18.2 Å². The number of nitrogens with zero attached hydrogens (tertiary/aromatic N) is 1. The van der Waals surface area contributed by atoms with E-state index in [1.165, 1.54) is 6.39 Å². The zero-order valence-electron chi connectivity index (χ0n) is 6.50. The predicted octanol–water partition coefficient (Wildman–Crippen LogP) is 3.76. The van der Waals surface area contributed by atoms with Gasteiger partial charge in [-0.25, -0.2) is 4.98 Å². The highest BCUT2D eigenvalue weighted by Gasteiger charge is 2.03. The molecule has 1 aromatic carbocycles. The van der Waals surface area contributed by atoms with E-state index >= 15 is 0 Å². The lowest BCUT2D eigenvalue weighted by Crippen LogP contribution is -1.74. The molecule has 2 nitrogen and oxygen atoms in total. The molecule has 0 N–H and O–H groups in total. The molecule has 0 amide bonds. The van der Waals surface area contributed by atoms with Crippen LogP contribution in [-0.2, 0) is 0 Å². The van der Waals surface area contributed by atoms with Crippen LogP contribution in [0.5, 0.6) is 0 Å². The maximum atomic E-state index is 5.92. The lowest BCUT2D eigenvalue weighted by molar-refractivity contribution is 0.572. The van der Waals surface area contributed by atoms with Gasteiger partial charge in [-0.1, -0.05) is 11.6 Å². The number of hydrogen-bond acceptors (Lipinski definition) is 2. The molecule has 0 aliphatic rings. The van der Waals surface area contributed by atoms with Crippen molar-refractivity contribution in [1.29, 1.82) is 0 Å². The molecular weight excluding hydrogens is 253 g/mol. The van der Waals surface area contributed by atoms with Gasteiger partial charge in [-0.3, -0.25) is 0 Å². The van der Waals surface area contributed by atoms with Crippen molar-refractivity contribution in [2.75, 3.05) is 0 Å². The van der Waals surface area contributed by atoms with Gasteiger partial charge in [-0.2, -0.15) is 0 Å². The number of rotatable bonds is 1. The average molecular weight is 259 g/mol. The van der Waals surface area contributed by atoms with Crippen LogP contribution in [0.4, 0.5) is 0 Å². The molecule has 66 valence electrons. The van der Waals surface area contributed by atoms with E-state index in [0.29, 0.717) is 5.02 Å². The highest BCUT2D eigenvalue weighted by molar-refractivity contribution is 9.10. The maximum absolute atomic E-state index is 5.92. The van der Waals surface area contributed by atoms with Crippen LogP contribution in [0.1, 0.15) is 0 Å². The van der Waals surface area contributed by atoms with Crippen LogP contribution >= 0.6 is 27.5 Å². The number of aromatic nitrogens is 1. The molecule has 0 unspecified atom stereocenters. The highest BCUT2D eigenvalue weighted by Crippen LogP contribution is 2.28. The minimum atomic E-state index is 0.661. The monoisotopic (exact) mass is 257 g/mol. The van der Waals surface area contributed by atoms with Gasteiger partial charge in [0.1, 0.15) is 0 Å². The van der Waals surface area contributed by atoms with E-state index in [2.05, 4.69) is 20.9 Å². The summed E-state index contributed by atoms with van der Waals surface area (Å²) < 4.78 is 6.00. The fourth-order valence-electron chi connectivity index (χ4n) is 1.01. The molecule has 13 heavy (non-hydrogen) atoms. The Bertz CT molecular complexity index is 414. The van der Waals surface area contributed by atoms with E-state index in [1.54, 1.807) is 6.20 Å². The third-order valence-electron chi connectivity index (χ3n) is 1.64. The van der Waals surface area contributed by atoms with Crippen molar-refractivity contribution in [3.05, 3.63) is 40.3 Å². The molecule has 4 heteroatoms. The van der Waals surface area contributed by atoms with Gasteiger partial charge in [0, 0.05) is 10.0 Å². The average Bonchev–Trinajstić information content (AvgIpc) is 2.62. The summed E-state index contributed by atoms with van der Waals surface area (Å²) >= 11 is 9.24. The second-order valence-electron chi connectivity index (χ2n) is 2.49. The van der Waals surface area contributed by atoms with Gasteiger partial charge < -0.3 is 4.42 Å². The van der Waals surface area contributed by atoms with Crippen molar-refractivity contribution < 1.29 is 4.42 Å². The summed E-state index contributed by atoms with van der Waals surface area (Å²) in [6.45, 7) is 0. The van der Waals surface area contributed by atoms with Gasteiger partial charge in [0.15, 0.2) is 12.2 Å². The van der Waals surface area contributed by atoms with Gasteiger partial charge in [0.05, 0.1) is 11.2 Å². The normalized spacial score (nSPS) is 10.3. The topological polar surface area (TPSA) is 26.0 Å². The summed E-state index contributed by atoms with van der Waals surface area (Å²) in [5.41, 5.74) is 0.922. The van der Waals surface area contributed by atoms with E-state index in [0.717, 1.165) is 15.8 Å². The van der Waals surface area contributed by atoms with Crippen LogP contribution in [0.15, 0.2) is 39.7 Å². The van der Waals surface area contributed by atoms with E-state index < -0.39 is 0 Å². The minimum Gasteiger partial charge on any atom is -0.444 e. The fraction of sp³-hybridized carbons (Fsp3) is 0. The van der Waals surface area contributed by atoms with Gasteiger partial charge in [-0.15, -0.1) is 0 Å². The first kappa shape index (κ1) is 8.78. The van der Waals surface area contributed by atoms with Crippen molar-refractivity contribution in [3.63, 3.8) is 0 Å².